The van der Waals surface area contributed by atoms with Crippen molar-refractivity contribution < 1.29 is 4.74 Å². The maximum Gasteiger partial charge on any atom is 0.204 e. The van der Waals surface area contributed by atoms with Gasteiger partial charge in [0.05, 0.1) is 6.61 Å². The van der Waals surface area contributed by atoms with Gasteiger partial charge in [0.2, 0.25) is 5.13 Å². The van der Waals surface area contributed by atoms with Crippen LogP contribution in [0.4, 0.5) is 5.13 Å². The summed E-state index contributed by atoms with van der Waals surface area (Å²) in [5.41, 5.74) is 0. The Morgan fingerprint density at radius 2 is 2.43 bits per heavy atom. The van der Waals surface area contributed by atoms with Crippen molar-refractivity contribution in [3.63, 3.8) is 0 Å². The molecule has 0 aromatic carbocycles. The molecule has 0 aliphatic heterocycles. The molecule has 4 nitrogen and oxygen atoms in total. The van der Waals surface area contributed by atoms with Crippen LogP contribution in [0.1, 0.15) is 13.8 Å². The highest BCUT2D eigenvalue weighted by molar-refractivity contribution is 7.73. The first-order chi connectivity index (χ1) is 6.68. The van der Waals surface area contributed by atoms with Crippen LogP contribution < -0.4 is 5.32 Å². The van der Waals surface area contributed by atoms with E-state index in [-0.39, 0.29) is 0 Å². The van der Waals surface area contributed by atoms with Crippen LogP contribution in [0.5, 0.6) is 0 Å². The van der Waals surface area contributed by atoms with Gasteiger partial charge >= 0.3 is 0 Å². The van der Waals surface area contributed by atoms with E-state index in [0.717, 1.165) is 18.3 Å². The van der Waals surface area contributed by atoms with Gasteiger partial charge in [-0.15, -0.1) is 5.10 Å². The van der Waals surface area contributed by atoms with Gasteiger partial charge in [0.1, 0.15) is 0 Å². The smallest absolute Gasteiger partial charge is 0.204 e. The average molecular weight is 233 g/mol. The van der Waals surface area contributed by atoms with E-state index in [9.17, 15) is 0 Å². The minimum atomic E-state index is 0.586. The number of aromatic nitrogens is 2. The highest BCUT2D eigenvalue weighted by atomic mass is 32.1. The summed E-state index contributed by atoms with van der Waals surface area (Å²) in [6.07, 6.45) is 0. The molecule has 0 bridgehead atoms. The lowest BCUT2D eigenvalue weighted by atomic mass is 10.2. The Morgan fingerprint density at radius 1 is 1.64 bits per heavy atom. The van der Waals surface area contributed by atoms with Gasteiger partial charge in [-0.1, -0.05) is 25.2 Å². The molecule has 0 radical (unpaired) electrons. The van der Waals surface area contributed by atoms with E-state index in [1.165, 1.54) is 11.3 Å². The lowest BCUT2D eigenvalue weighted by Crippen LogP contribution is -2.11. The topological polar surface area (TPSA) is 49.9 Å². The van der Waals surface area contributed by atoms with E-state index in [1.54, 1.807) is 0 Å². The Morgan fingerprint density at radius 3 is 3.00 bits per heavy atom. The Bertz CT molecular complexity index is 308. The molecule has 1 heterocycles. The normalized spacial score (nSPS) is 10.8. The van der Waals surface area contributed by atoms with E-state index in [2.05, 4.69) is 29.4 Å². The Kier molecular flexibility index (Phi) is 5.06. The van der Waals surface area contributed by atoms with Crippen LogP contribution in [0, 0.1) is 9.87 Å². The van der Waals surface area contributed by atoms with Crippen LogP contribution in [0.3, 0.4) is 0 Å². The molecule has 1 rings (SSSR count). The molecule has 0 amide bonds. The van der Waals surface area contributed by atoms with Gasteiger partial charge in [-0.2, -0.15) is 0 Å². The lowest BCUT2D eigenvalue weighted by molar-refractivity contribution is 0.118. The van der Waals surface area contributed by atoms with Crippen molar-refractivity contribution >= 4 is 28.7 Å². The molecule has 0 aliphatic rings. The number of nitrogens with zero attached hydrogens (tertiary/aromatic N) is 1. The quantitative estimate of drug-likeness (QED) is 0.584. The Hall–Kier alpha value is -0.460. The Labute approximate surface area is 92.7 Å². The number of hydrogen-bond acceptors (Lipinski definition) is 5. The van der Waals surface area contributed by atoms with Gasteiger partial charge < -0.3 is 10.1 Å². The zero-order valence-corrected chi connectivity index (χ0v) is 10.0. The summed E-state index contributed by atoms with van der Waals surface area (Å²) in [5.74, 6) is 0.586. The molecular formula is C8H15N3OS2. The molecule has 0 atom stereocenters. The molecule has 0 spiro atoms. The number of ether oxygens (including phenoxy) is 1. The van der Waals surface area contributed by atoms with Crippen LogP contribution in [-0.4, -0.2) is 30.0 Å². The molecule has 0 unspecified atom stereocenters. The van der Waals surface area contributed by atoms with Crippen molar-refractivity contribution in [1.82, 2.24) is 10.2 Å². The highest BCUT2D eigenvalue weighted by Crippen LogP contribution is 2.09. The minimum Gasteiger partial charge on any atom is -0.379 e. The molecule has 2 N–H and O–H groups in total. The number of rotatable bonds is 6. The third-order valence-corrected chi connectivity index (χ3v) is 2.46. The van der Waals surface area contributed by atoms with Crippen LogP contribution in [-0.2, 0) is 4.74 Å². The summed E-state index contributed by atoms with van der Waals surface area (Å²) in [6, 6.07) is 0. The maximum absolute atomic E-state index is 5.40. The first-order valence-electron chi connectivity index (χ1n) is 4.55. The van der Waals surface area contributed by atoms with Gasteiger partial charge in [0, 0.05) is 13.2 Å². The van der Waals surface area contributed by atoms with Gasteiger partial charge in [0.25, 0.3) is 0 Å². The summed E-state index contributed by atoms with van der Waals surface area (Å²) < 4.78 is 6.09. The molecule has 80 valence electrons. The van der Waals surface area contributed by atoms with Crippen molar-refractivity contribution in [2.75, 3.05) is 25.1 Å². The SMILES string of the molecule is CC(C)COCCNc1n[nH]c(=S)s1. The van der Waals surface area contributed by atoms with Crippen LogP contribution in [0.2, 0.25) is 0 Å². The third-order valence-electron chi connectivity index (χ3n) is 1.41. The third kappa shape index (κ3) is 4.69. The fraction of sp³-hybridized carbons (Fsp3) is 0.750. The first kappa shape index (κ1) is 11.6. The second-order valence-electron chi connectivity index (χ2n) is 3.31. The molecule has 0 saturated heterocycles. The van der Waals surface area contributed by atoms with Crippen LogP contribution >= 0.6 is 23.6 Å². The van der Waals surface area contributed by atoms with E-state index in [4.69, 9.17) is 17.0 Å². The largest absolute Gasteiger partial charge is 0.379 e. The molecule has 0 aliphatic carbocycles. The molecular weight excluding hydrogens is 218 g/mol. The second kappa shape index (κ2) is 6.10. The van der Waals surface area contributed by atoms with E-state index in [1.807, 2.05) is 0 Å². The number of aromatic amines is 1. The minimum absolute atomic E-state index is 0.586. The number of H-pyrrole nitrogens is 1. The molecule has 6 heteroatoms. The number of anilines is 1. The summed E-state index contributed by atoms with van der Waals surface area (Å²) >= 11 is 6.33. The maximum atomic E-state index is 5.40. The molecule has 0 fully saturated rings. The van der Waals surface area contributed by atoms with Crippen LogP contribution in [0.15, 0.2) is 0 Å². The summed E-state index contributed by atoms with van der Waals surface area (Å²) in [6.45, 7) is 6.53. The fourth-order valence-electron chi connectivity index (χ4n) is 0.855. The lowest BCUT2D eigenvalue weighted by Gasteiger charge is -2.06. The van der Waals surface area contributed by atoms with E-state index < -0.39 is 0 Å². The van der Waals surface area contributed by atoms with Gasteiger partial charge in [-0.05, 0) is 18.1 Å². The second-order valence-corrected chi connectivity index (χ2v) is 4.98. The molecule has 1 aromatic heterocycles. The molecule has 14 heavy (non-hydrogen) atoms. The van der Waals surface area contributed by atoms with Crippen molar-refractivity contribution in [1.29, 1.82) is 0 Å². The standard InChI is InChI=1S/C8H15N3OS2/c1-6(2)5-12-4-3-9-7-10-11-8(13)14-7/h6H,3-5H2,1-2H3,(H,9,10)(H,11,13). The van der Waals surface area contributed by atoms with Crippen molar-refractivity contribution in [2.24, 2.45) is 5.92 Å². The summed E-state index contributed by atoms with van der Waals surface area (Å²) in [5, 5.41) is 10.6. The number of hydrogen-bond donors (Lipinski definition) is 2. The summed E-state index contributed by atoms with van der Waals surface area (Å²) in [4.78, 5) is 0. The highest BCUT2D eigenvalue weighted by Gasteiger charge is 1.96. The predicted octanol–water partition coefficient (Wildman–Crippen LogP) is 2.29. The van der Waals surface area contributed by atoms with Crippen molar-refractivity contribution in [3.8, 4) is 0 Å². The first-order valence-corrected chi connectivity index (χ1v) is 5.78. The van der Waals surface area contributed by atoms with Crippen molar-refractivity contribution in [3.05, 3.63) is 3.95 Å². The van der Waals surface area contributed by atoms with Crippen LogP contribution in [0.25, 0.3) is 0 Å². The zero-order valence-electron chi connectivity index (χ0n) is 8.37. The number of nitrogens with one attached hydrogen (secondary N) is 2. The molecule has 1 aromatic rings. The summed E-state index contributed by atoms with van der Waals surface area (Å²) in [7, 11) is 0. The predicted molar refractivity (Wildman–Crippen MR) is 61.4 cm³/mol. The van der Waals surface area contributed by atoms with Gasteiger partial charge in [0.15, 0.2) is 3.95 Å². The van der Waals surface area contributed by atoms with Crippen molar-refractivity contribution in [2.45, 2.75) is 13.8 Å². The average Bonchev–Trinajstić information content (AvgIpc) is 2.50. The monoisotopic (exact) mass is 233 g/mol. The Balaban J connectivity index is 2.07. The van der Waals surface area contributed by atoms with E-state index >= 15 is 0 Å². The fourth-order valence-corrected chi connectivity index (χ4v) is 1.67. The van der Waals surface area contributed by atoms with Gasteiger partial charge in [-0.25, -0.2) is 0 Å². The van der Waals surface area contributed by atoms with E-state index in [0.29, 0.717) is 16.5 Å². The molecule has 0 saturated carbocycles. The van der Waals surface area contributed by atoms with Gasteiger partial charge in [-0.3, -0.25) is 5.10 Å². The zero-order chi connectivity index (χ0) is 10.4.